The minimum Gasteiger partial charge on any atom is -0.477 e. The van der Waals surface area contributed by atoms with Crippen molar-refractivity contribution in [1.82, 2.24) is 4.90 Å². The highest BCUT2D eigenvalue weighted by Gasteiger charge is 2.34. The molecule has 0 aromatic carbocycles. The zero-order chi connectivity index (χ0) is 16.0. The van der Waals surface area contributed by atoms with Crippen LogP contribution in [0.25, 0.3) is 0 Å². The fourth-order valence-electron chi connectivity index (χ4n) is 1.68. The Morgan fingerprint density at radius 2 is 1.90 bits per heavy atom. The van der Waals surface area contributed by atoms with E-state index in [-0.39, 0.29) is 5.37 Å². The Hall–Kier alpha value is -1.19. The van der Waals surface area contributed by atoms with Crippen LogP contribution in [0.1, 0.15) is 20.8 Å². The first-order valence-electron chi connectivity index (χ1n) is 6.31. The van der Waals surface area contributed by atoms with Gasteiger partial charge in [-0.1, -0.05) is 25.6 Å². The van der Waals surface area contributed by atoms with Crippen molar-refractivity contribution in [2.24, 2.45) is 0 Å². The molecule has 0 saturated carbocycles. The Morgan fingerprint density at radius 1 is 1.29 bits per heavy atom. The molecular weight excluding hydrogens is 318 g/mol. The van der Waals surface area contributed by atoms with Crippen LogP contribution in [0.3, 0.4) is 0 Å². The molecule has 1 saturated heterocycles. The first kappa shape index (κ1) is 17.9. The fraction of sp³-hybridized carbons (Fsp3) is 0.583. The molecule has 7 nitrogen and oxygen atoms in total. The summed E-state index contributed by atoms with van der Waals surface area (Å²) in [5.74, 6) is -2.72. The number of carbonyl (C=O) groups is 3. The molecule has 0 radical (unpaired) electrons. The van der Waals surface area contributed by atoms with Gasteiger partial charge in [0.05, 0.1) is 9.61 Å². The van der Waals surface area contributed by atoms with Crippen LogP contribution in [0.15, 0.2) is 9.81 Å². The second kappa shape index (κ2) is 8.30. The van der Waals surface area contributed by atoms with Gasteiger partial charge in [-0.25, -0.2) is 24.2 Å². The molecule has 9 heteroatoms. The number of aliphatic carboxylic acids is 1. The highest BCUT2D eigenvalue weighted by atomic mass is 32.2. The highest BCUT2D eigenvalue weighted by molar-refractivity contribution is 8.25. The van der Waals surface area contributed by atoms with Crippen molar-refractivity contribution in [1.29, 1.82) is 0 Å². The molecule has 1 fully saturated rings. The summed E-state index contributed by atoms with van der Waals surface area (Å²) in [6.45, 7) is 6.76. The molecule has 1 aliphatic heterocycles. The lowest BCUT2D eigenvalue weighted by Crippen LogP contribution is -2.32. The Balaban J connectivity index is 2.87. The van der Waals surface area contributed by atoms with Gasteiger partial charge in [-0.3, -0.25) is 4.90 Å². The topological polar surface area (TPSA) is 93.1 Å². The number of carboxylic acid groups (broad SMARTS) is 1. The largest absolute Gasteiger partial charge is 0.477 e. The Labute approximate surface area is 130 Å². The lowest BCUT2D eigenvalue weighted by Gasteiger charge is -2.23. The van der Waals surface area contributed by atoms with Crippen molar-refractivity contribution in [3.63, 3.8) is 0 Å². The summed E-state index contributed by atoms with van der Waals surface area (Å²) in [6, 6.07) is 0. The van der Waals surface area contributed by atoms with E-state index in [1.165, 1.54) is 23.5 Å². The summed E-state index contributed by atoms with van der Waals surface area (Å²) in [5.41, 5.74) is -0.499. The molecule has 21 heavy (non-hydrogen) atoms. The second-order valence-electron chi connectivity index (χ2n) is 4.02. The van der Waals surface area contributed by atoms with E-state index in [1.54, 1.807) is 0 Å². The van der Waals surface area contributed by atoms with Gasteiger partial charge in [-0.05, 0) is 13.1 Å². The van der Waals surface area contributed by atoms with Gasteiger partial charge in [0.1, 0.15) is 0 Å². The van der Waals surface area contributed by atoms with Crippen LogP contribution in [-0.4, -0.2) is 52.1 Å². The minimum absolute atomic E-state index is 0.107. The summed E-state index contributed by atoms with van der Waals surface area (Å²) < 4.78 is 0.372. The number of carbonyl (C=O) groups excluding carboxylic acids is 2. The van der Waals surface area contributed by atoms with Crippen LogP contribution in [0.5, 0.6) is 0 Å². The SMILES string of the molecule is CCN(CC)C1CSC(=C(C(=O)O)C(=O)OOC(C)=O)S1. The predicted octanol–water partition coefficient (Wildman–Crippen LogP) is 1.45. The molecule has 0 spiro atoms. The molecular formula is C12H17NO6S2. The molecule has 1 unspecified atom stereocenters. The van der Waals surface area contributed by atoms with Crippen molar-refractivity contribution in [2.75, 3.05) is 18.8 Å². The van der Waals surface area contributed by atoms with Crippen LogP contribution in [0.2, 0.25) is 0 Å². The van der Waals surface area contributed by atoms with Gasteiger partial charge < -0.3 is 5.11 Å². The Morgan fingerprint density at radius 3 is 2.38 bits per heavy atom. The Kier molecular flexibility index (Phi) is 7.06. The smallest absolute Gasteiger partial charge is 0.395 e. The van der Waals surface area contributed by atoms with E-state index < -0.39 is 23.5 Å². The second-order valence-corrected chi connectivity index (χ2v) is 6.49. The molecule has 0 amide bonds. The molecule has 1 aliphatic rings. The third-order valence-corrected chi connectivity index (χ3v) is 5.63. The maximum atomic E-state index is 11.7. The summed E-state index contributed by atoms with van der Waals surface area (Å²) in [7, 11) is 0. The third kappa shape index (κ3) is 4.94. The number of rotatable bonds is 5. The van der Waals surface area contributed by atoms with E-state index in [0.717, 1.165) is 20.0 Å². The quantitative estimate of drug-likeness (QED) is 0.263. The standard InChI is InChI=1S/C12H17NO6S2/c1-4-13(5-2)8-6-20-12(21-8)9(10(15)16)11(17)19-18-7(3)14/h8H,4-6H2,1-3H3,(H,15,16). The minimum atomic E-state index is -1.40. The van der Waals surface area contributed by atoms with Crippen molar-refractivity contribution < 1.29 is 29.3 Å². The zero-order valence-electron chi connectivity index (χ0n) is 12.0. The van der Waals surface area contributed by atoms with Gasteiger partial charge in [-0.15, -0.1) is 11.8 Å². The van der Waals surface area contributed by atoms with Gasteiger partial charge in [0.2, 0.25) is 0 Å². The number of nitrogens with zero attached hydrogens (tertiary/aromatic N) is 1. The van der Waals surface area contributed by atoms with Crippen LogP contribution in [-0.2, 0) is 24.2 Å². The average Bonchev–Trinajstić information content (AvgIpc) is 2.87. The lowest BCUT2D eigenvalue weighted by molar-refractivity contribution is -0.254. The highest BCUT2D eigenvalue weighted by Crippen LogP contribution is 2.45. The maximum Gasteiger partial charge on any atom is 0.395 e. The van der Waals surface area contributed by atoms with E-state index in [0.29, 0.717) is 9.99 Å². The van der Waals surface area contributed by atoms with Crippen LogP contribution in [0.4, 0.5) is 0 Å². The van der Waals surface area contributed by atoms with Crippen LogP contribution >= 0.6 is 23.5 Å². The van der Waals surface area contributed by atoms with E-state index in [1.807, 2.05) is 13.8 Å². The van der Waals surface area contributed by atoms with Gasteiger partial charge in [0, 0.05) is 12.7 Å². The van der Waals surface area contributed by atoms with Gasteiger partial charge in [0.25, 0.3) is 0 Å². The fourth-order valence-corrected chi connectivity index (χ4v) is 4.77. The molecule has 1 rings (SSSR count). The van der Waals surface area contributed by atoms with E-state index in [9.17, 15) is 14.4 Å². The zero-order valence-corrected chi connectivity index (χ0v) is 13.6. The van der Waals surface area contributed by atoms with Crippen LogP contribution < -0.4 is 0 Å². The summed E-state index contributed by atoms with van der Waals surface area (Å²) in [4.78, 5) is 44.0. The van der Waals surface area contributed by atoms with Crippen LogP contribution in [0, 0.1) is 0 Å². The first-order chi connectivity index (χ1) is 9.90. The number of carboxylic acids is 1. The van der Waals surface area contributed by atoms with E-state index in [2.05, 4.69) is 14.7 Å². The first-order valence-corrected chi connectivity index (χ1v) is 8.17. The van der Waals surface area contributed by atoms with Crippen molar-refractivity contribution >= 4 is 41.4 Å². The Bertz CT molecular complexity index is 461. The molecule has 0 aromatic rings. The molecule has 1 N–H and O–H groups in total. The molecule has 0 aromatic heterocycles. The van der Waals surface area contributed by atoms with Gasteiger partial charge >= 0.3 is 17.9 Å². The lowest BCUT2D eigenvalue weighted by atomic mass is 10.3. The molecule has 0 bridgehead atoms. The van der Waals surface area contributed by atoms with Crippen molar-refractivity contribution in [3.8, 4) is 0 Å². The number of thioether (sulfide) groups is 2. The maximum absolute atomic E-state index is 11.7. The average molecular weight is 335 g/mol. The third-order valence-electron chi connectivity index (χ3n) is 2.68. The van der Waals surface area contributed by atoms with Gasteiger partial charge in [0.15, 0.2) is 5.57 Å². The molecule has 118 valence electrons. The summed E-state index contributed by atoms with van der Waals surface area (Å²) in [6.07, 6.45) is 0. The molecule has 1 heterocycles. The van der Waals surface area contributed by atoms with Gasteiger partial charge in [-0.2, -0.15) is 0 Å². The van der Waals surface area contributed by atoms with Crippen molar-refractivity contribution in [3.05, 3.63) is 9.81 Å². The summed E-state index contributed by atoms with van der Waals surface area (Å²) >= 11 is 2.60. The predicted molar refractivity (Wildman–Crippen MR) is 79.3 cm³/mol. The van der Waals surface area contributed by atoms with E-state index in [4.69, 9.17) is 5.11 Å². The monoisotopic (exact) mass is 335 g/mol. The molecule has 1 atom stereocenters. The van der Waals surface area contributed by atoms with E-state index >= 15 is 0 Å². The number of hydrogen-bond acceptors (Lipinski definition) is 8. The van der Waals surface area contributed by atoms with Crippen molar-refractivity contribution in [2.45, 2.75) is 26.1 Å². The molecule has 0 aliphatic carbocycles. The number of hydrogen-bond donors (Lipinski definition) is 1. The summed E-state index contributed by atoms with van der Waals surface area (Å²) in [5, 5.41) is 9.28. The normalized spacial score (nSPS) is 20.3.